The molecule has 0 spiro atoms. The molecule has 2 rings (SSSR count). The highest BCUT2D eigenvalue weighted by Crippen LogP contribution is 2.28. The second kappa shape index (κ2) is 6.77. The smallest absolute Gasteiger partial charge is 0.0494 e. The average molecular weight is 229 g/mol. The van der Waals surface area contributed by atoms with Gasteiger partial charge in [-0.3, -0.25) is 0 Å². The van der Waals surface area contributed by atoms with Gasteiger partial charge >= 0.3 is 0 Å². The summed E-state index contributed by atoms with van der Waals surface area (Å²) in [6.07, 6.45) is 6.74. The summed E-state index contributed by atoms with van der Waals surface area (Å²) in [5.74, 6) is 3.58. The molecule has 15 heavy (non-hydrogen) atoms. The van der Waals surface area contributed by atoms with Gasteiger partial charge in [-0.05, 0) is 50.3 Å². The number of nitrogens with one attached hydrogen (secondary N) is 1. The van der Waals surface area contributed by atoms with Crippen molar-refractivity contribution in [2.45, 2.75) is 38.1 Å². The molecule has 2 nitrogen and oxygen atoms in total. The number of ether oxygens (including phenoxy) is 1. The van der Waals surface area contributed by atoms with Crippen LogP contribution in [0.3, 0.4) is 0 Å². The zero-order chi connectivity index (χ0) is 10.3. The molecule has 1 aliphatic heterocycles. The van der Waals surface area contributed by atoms with E-state index in [0.717, 1.165) is 31.7 Å². The summed E-state index contributed by atoms with van der Waals surface area (Å²) in [4.78, 5) is 0. The maximum atomic E-state index is 5.60. The maximum Gasteiger partial charge on any atom is 0.0494 e. The molecule has 0 bridgehead atoms. The zero-order valence-corrected chi connectivity index (χ0v) is 10.4. The lowest BCUT2D eigenvalue weighted by Crippen LogP contribution is -2.34. The predicted molar refractivity (Wildman–Crippen MR) is 66.5 cm³/mol. The van der Waals surface area contributed by atoms with Crippen LogP contribution in [0, 0.1) is 5.92 Å². The molecule has 0 aromatic rings. The van der Waals surface area contributed by atoms with E-state index in [4.69, 9.17) is 4.74 Å². The van der Waals surface area contributed by atoms with Crippen LogP contribution < -0.4 is 5.32 Å². The summed E-state index contributed by atoms with van der Waals surface area (Å²) in [5, 5.41) is 3.62. The summed E-state index contributed by atoms with van der Waals surface area (Å²) >= 11 is 2.09. The monoisotopic (exact) mass is 229 g/mol. The fourth-order valence-corrected chi connectivity index (χ4v) is 3.02. The lowest BCUT2D eigenvalue weighted by Gasteiger charge is -2.22. The molecule has 0 aromatic carbocycles. The van der Waals surface area contributed by atoms with Gasteiger partial charge in [0.05, 0.1) is 0 Å². The fraction of sp³-hybridized carbons (Fsp3) is 1.00. The van der Waals surface area contributed by atoms with Crippen molar-refractivity contribution in [2.75, 3.05) is 31.3 Å². The average Bonchev–Trinajstić information content (AvgIpc) is 3.09. The molecular formula is C12H23NOS. The molecular weight excluding hydrogens is 206 g/mol. The maximum absolute atomic E-state index is 5.60. The first kappa shape index (κ1) is 11.7. The third-order valence-corrected chi connectivity index (χ3v) is 4.32. The third kappa shape index (κ3) is 5.23. The van der Waals surface area contributed by atoms with E-state index < -0.39 is 0 Å². The van der Waals surface area contributed by atoms with Crippen LogP contribution >= 0.6 is 11.8 Å². The highest BCUT2D eigenvalue weighted by atomic mass is 32.2. The van der Waals surface area contributed by atoms with Gasteiger partial charge in [0.2, 0.25) is 0 Å². The molecule has 0 amide bonds. The van der Waals surface area contributed by atoms with E-state index in [1.807, 2.05) is 0 Å². The van der Waals surface area contributed by atoms with E-state index in [1.165, 1.54) is 43.6 Å². The number of rotatable bonds is 7. The van der Waals surface area contributed by atoms with Crippen LogP contribution in [0.25, 0.3) is 0 Å². The van der Waals surface area contributed by atoms with Crippen LogP contribution in [0.2, 0.25) is 0 Å². The molecule has 1 N–H and O–H groups in total. The van der Waals surface area contributed by atoms with Crippen molar-refractivity contribution in [1.82, 2.24) is 5.32 Å². The van der Waals surface area contributed by atoms with E-state index in [0.29, 0.717) is 0 Å². The summed E-state index contributed by atoms with van der Waals surface area (Å²) in [6.45, 7) is 3.10. The Bertz CT molecular complexity index is 167. The first-order valence-corrected chi connectivity index (χ1v) is 7.49. The van der Waals surface area contributed by atoms with Crippen molar-refractivity contribution < 1.29 is 4.74 Å². The van der Waals surface area contributed by atoms with Gasteiger partial charge in [-0.1, -0.05) is 0 Å². The lowest BCUT2D eigenvalue weighted by atomic mass is 10.2. The second-order valence-electron chi connectivity index (χ2n) is 4.74. The Morgan fingerprint density at radius 2 is 2.20 bits per heavy atom. The molecule has 88 valence electrons. The van der Waals surface area contributed by atoms with Gasteiger partial charge in [-0.2, -0.15) is 11.8 Å². The standard InChI is InChI=1S/C12H23NOS/c1-3-12(10-15-8-1)13-6-2-7-14-9-11-4-5-11/h11-13H,1-10H2. The van der Waals surface area contributed by atoms with Crippen LogP contribution in [0.5, 0.6) is 0 Å². The van der Waals surface area contributed by atoms with Crippen molar-refractivity contribution in [2.24, 2.45) is 5.92 Å². The predicted octanol–water partition coefficient (Wildman–Crippen LogP) is 2.29. The fourth-order valence-electron chi connectivity index (χ4n) is 1.92. The molecule has 1 saturated heterocycles. The molecule has 0 radical (unpaired) electrons. The topological polar surface area (TPSA) is 21.3 Å². The Kier molecular flexibility index (Phi) is 5.30. The number of thioether (sulfide) groups is 1. The quantitative estimate of drug-likeness (QED) is 0.677. The SMILES string of the molecule is C(CNC1CCCSC1)COCC1CC1. The van der Waals surface area contributed by atoms with E-state index in [-0.39, 0.29) is 0 Å². The van der Waals surface area contributed by atoms with Crippen LogP contribution in [0.1, 0.15) is 32.1 Å². The minimum atomic E-state index is 0.771. The summed E-state index contributed by atoms with van der Waals surface area (Å²) in [5.41, 5.74) is 0. The van der Waals surface area contributed by atoms with Crippen molar-refractivity contribution in [3.63, 3.8) is 0 Å². The second-order valence-corrected chi connectivity index (χ2v) is 5.89. The Balaban J connectivity index is 1.37. The Morgan fingerprint density at radius 3 is 2.93 bits per heavy atom. The highest BCUT2D eigenvalue weighted by molar-refractivity contribution is 7.99. The summed E-state index contributed by atoms with van der Waals surface area (Å²) < 4.78 is 5.60. The Hall–Kier alpha value is 0.270. The highest BCUT2D eigenvalue weighted by Gasteiger charge is 2.20. The Morgan fingerprint density at radius 1 is 1.27 bits per heavy atom. The van der Waals surface area contributed by atoms with Gasteiger partial charge in [0, 0.05) is 25.0 Å². The summed E-state index contributed by atoms with van der Waals surface area (Å²) in [7, 11) is 0. The van der Waals surface area contributed by atoms with Crippen LogP contribution in [0.4, 0.5) is 0 Å². The number of hydrogen-bond acceptors (Lipinski definition) is 3. The van der Waals surface area contributed by atoms with Gasteiger partial charge in [-0.15, -0.1) is 0 Å². The minimum absolute atomic E-state index is 0.771. The van der Waals surface area contributed by atoms with E-state index in [1.54, 1.807) is 0 Å². The lowest BCUT2D eigenvalue weighted by molar-refractivity contribution is 0.121. The summed E-state index contributed by atoms with van der Waals surface area (Å²) in [6, 6.07) is 0.771. The third-order valence-electron chi connectivity index (χ3n) is 3.11. The molecule has 2 fully saturated rings. The van der Waals surface area contributed by atoms with Crippen molar-refractivity contribution >= 4 is 11.8 Å². The van der Waals surface area contributed by atoms with Gasteiger partial charge in [0.25, 0.3) is 0 Å². The van der Waals surface area contributed by atoms with Gasteiger partial charge in [0.1, 0.15) is 0 Å². The van der Waals surface area contributed by atoms with Gasteiger partial charge in [-0.25, -0.2) is 0 Å². The zero-order valence-electron chi connectivity index (χ0n) is 9.54. The van der Waals surface area contributed by atoms with Crippen LogP contribution in [-0.2, 0) is 4.74 Å². The van der Waals surface area contributed by atoms with Crippen molar-refractivity contribution in [1.29, 1.82) is 0 Å². The van der Waals surface area contributed by atoms with Crippen LogP contribution in [-0.4, -0.2) is 37.3 Å². The van der Waals surface area contributed by atoms with Crippen molar-refractivity contribution in [3.8, 4) is 0 Å². The largest absolute Gasteiger partial charge is 0.381 e. The molecule has 1 atom stereocenters. The van der Waals surface area contributed by atoms with E-state index >= 15 is 0 Å². The number of hydrogen-bond donors (Lipinski definition) is 1. The first-order valence-electron chi connectivity index (χ1n) is 6.34. The Labute approximate surface area is 97.5 Å². The van der Waals surface area contributed by atoms with Crippen molar-refractivity contribution in [3.05, 3.63) is 0 Å². The minimum Gasteiger partial charge on any atom is -0.381 e. The normalized spacial score (nSPS) is 26.8. The van der Waals surface area contributed by atoms with E-state index in [9.17, 15) is 0 Å². The molecule has 1 saturated carbocycles. The molecule has 2 aliphatic rings. The molecule has 1 unspecified atom stereocenters. The van der Waals surface area contributed by atoms with Crippen LogP contribution in [0.15, 0.2) is 0 Å². The first-order chi connectivity index (χ1) is 7.45. The molecule has 3 heteroatoms. The molecule has 1 heterocycles. The molecule has 1 aliphatic carbocycles. The van der Waals surface area contributed by atoms with E-state index in [2.05, 4.69) is 17.1 Å². The molecule has 0 aromatic heterocycles. The van der Waals surface area contributed by atoms with Gasteiger partial charge in [0.15, 0.2) is 0 Å². The van der Waals surface area contributed by atoms with Gasteiger partial charge < -0.3 is 10.1 Å².